The van der Waals surface area contributed by atoms with Crippen molar-refractivity contribution in [3.8, 4) is 5.75 Å². The van der Waals surface area contributed by atoms with Crippen LogP contribution in [0.25, 0.3) is 0 Å². The molecule has 0 aliphatic rings. The maximum absolute atomic E-state index is 12.3. The van der Waals surface area contributed by atoms with E-state index >= 15 is 0 Å². The first kappa shape index (κ1) is 16.5. The first-order valence-electron chi connectivity index (χ1n) is 6.98. The van der Waals surface area contributed by atoms with Crippen LogP contribution < -0.4 is 10.5 Å². The van der Waals surface area contributed by atoms with E-state index in [1.54, 1.807) is 11.9 Å². The Kier molecular flexibility index (Phi) is 5.57. The van der Waals surface area contributed by atoms with Gasteiger partial charge in [0.05, 0.1) is 12.6 Å². The Bertz CT molecular complexity index is 452. The molecule has 0 saturated heterocycles. The minimum atomic E-state index is -0.508. The zero-order valence-corrected chi connectivity index (χ0v) is 13.1. The molecule has 4 heteroatoms. The van der Waals surface area contributed by atoms with Gasteiger partial charge in [0.2, 0.25) is 5.91 Å². The summed E-state index contributed by atoms with van der Waals surface area (Å²) < 4.78 is 5.58. The Labute approximate surface area is 121 Å². The molecule has 0 aliphatic heterocycles. The highest BCUT2D eigenvalue weighted by Gasteiger charge is 2.29. The standard InChI is InChI=1S/C16H26N2O2/c1-6-20-13-10-8-7-9-12(13)11-18(5)15(19)14(17)16(2,3)4/h7-10,14H,6,11,17H2,1-5H3/t14-/m0/s1. The third-order valence-corrected chi connectivity index (χ3v) is 3.26. The van der Waals surface area contributed by atoms with Crippen LogP contribution in [0.15, 0.2) is 24.3 Å². The number of nitrogens with zero attached hydrogens (tertiary/aromatic N) is 1. The number of rotatable bonds is 5. The number of carbonyl (C=O) groups is 1. The minimum absolute atomic E-state index is 0.0520. The van der Waals surface area contributed by atoms with Gasteiger partial charge in [0, 0.05) is 19.2 Å². The van der Waals surface area contributed by atoms with E-state index < -0.39 is 6.04 Å². The number of benzene rings is 1. The predicted molar refractivity (Wildman–Crippen MR) is 81.5 cm³/mol. The molecular weight excluding hydrogens is 252 g/mol. The molecule has 1 atom stereocenters. The smallest absolute Gasteiger partial charge is 0.240 e. The molecule has 20 heavy (non-hydrogen) atoms. The van der Waals surface area contributed by atoms with Crippen molar-refractivity contribution in [2.45, 2.75) is 40.3 Å². The summed E-state index contributed by atoms with van der Waals surface area (Å²) in [5.74, 6) is 0.766. The molecular formula is C16H26N2O2. The lowest BCUT2D eigenvalue weighted by atomic mass is 9.86. The van der Waals surface area contributed by atoms with Crippen LogP contribution in [0.4, 0.5) is 0 Å². The molecule has 0 heterocycles. The first-order valence-corrected chi connectivity index (χ1v) is 6.98. The van der Waals surface area contributed by atoms with Crippen molar-refractivity contribution in [3.63, 3.8) is 0 Å². The van der Waals surface area contributed by atoms with Crippen molar-refractivity contribution in [3.05, 3.63) is 29.8 Å². The van der Waals surface area contributed by atoms with E-state index in [-0.39, 0.29) is 11.3 Å². The topological polar surface area (TPSA) is 55.6 Å². The highest BCUT2D eigenvalue weighted by atomic mass is 16.5. The molecule has 4 nitrogen and oxygen atoms in total. The molecule has 0 aliphatic carbocycles. The lowest BCUT2D eigenvalue weighted by Gasteiger charge is -2.30. The normalized spacial score (nSPS) is 12.9. The predicted octanol–water partition coefficient (Wildman–Crippen LogP) is 2.42. The molecule has 1 aromatic carbocycles. The molecule has 0 unspecified atom stereocenters. The van der Waals surface area contributed by atoms with Gasteiger partial charge in [-0.1, -0.05) is 39.0 Å². The first-order chi connectivity index (χ1) is 9.27. The molecule has 0 radical (unpaired) electrons. The Balaban J connectivity index is 2.80. The van der Waals surface area contributed by atoms with Crippen LogP contribution in [-0.4, -0.2) is 30.5 Å². The van der Waals surface area contributed by atoms with Crippen molar-refractivity contribution in [2.24, 2.45) is 11.1 Å². The fourth-order valence-corrected chi connectivity index (χ4v) is 1.87. The van der Waals surface area contributed by atoms with E-state index in [0.717, 1.165) is 11.3 Å². The average Bonchev–Trinajstić information content (AvgIpc) is 2.38. The van der Waals surface area contributed by atoms with E-state index in [1.165, 1.54) is 0 Å². The minimum Gasteiger partial charge on any atom is -0.494 e. The van der Waals surface area contributed by atoms with Crippen LogP contribution in [0.5, 0.6) is 5.75 Å². The van der Waals surface area contributed by atoms with Gasteiger partial charge >= 0.3 is 0 Å². The maximum Gasteiger partial charge on any atom is 0.240 e. The number of nitrogens with two attached hydrogens (primary N) is 1. The molecule has 112 valence electrons. The lowest BCUT2D eigenvalue weighted by Crippen LogP contribution is -2.48. The second-order valence-electron chi connectivity index (χ2n) is 6.08. The molecule has 0 bridgehead atoms. The average molecular weight is 278 g/mol. The van der Waals surface area contributed by atoms with Crippen molar-refractivity contribution >= 4 is 5.91 Å². The van der Waals surface area contributed by atoms with Crippen LogP contribution in [-0.2, 0) is 11.3 Å². The van der Waals surface area contributed by atoms with Gasteiger partial charge in [-0.2, -0.15) is 0 Å². The van der Waals surface area contributed by atoms with Gasteiger partial charge in [-0.15, -0.1) is 0 Å². The number of carbonyl (C=O) groups excluding carboxylic acids is 1. The quantitative estimate of drug-likeness (QED) is 0.900. The summed E-state index contributed by atoms with van der Waals surface area (Å²) in [5, 5.41) is 0. The largest absolute Gasteiger partial charge is 0.494 e. The van der Waals surface area contributed by atoms with Gasteiger partial charge in [0.25, 0.3) is 0 Å². The lowest BCUT2D eigenvalue weighted by molar-refractivity contribution is -0.134. The molecule has 0 fully saturated rings. The molecule has 1 aromatic rings. The van der Waals surface area contributed by atoms with E-state index in [1.807, 2.05) is 52.0 Å². The van der Waals surface area contributed by atoms with Crippen molar-refractivity contribution in [1.82, 2.24) is 4.90 Å². The van der Waals surface area contributed by atoms with E-state index in [4.69, 9.17) is 10.5 Å². The summed E-state index contributed by atoms with van der Waals surface area (Å²) in [5.41, 5.74) is 6.77. The molecule has 1 amide bonds. The van der Waals surface area contributed by atoms with Gasteiger partial charge in [-0.05, 0) is 18.4 Å². The zero-order valence-electron chi connectivity index (χ0n) is 13.1. The zero-order chi connectivity index (χ0) is 15.3. The summed E-state index contributed by atoms with van der Waals surface area (Å²) >= 11 is 0. The third-order valence-electron chi connectivity index (χ3n) is 3.26. The van der Waals surface area contributed by atoms with E-state index in [9.17, 15) is 4.79 Å². The summed E-state index contributed by atoms with van der Waals surface area (Å²) in [7, 11) is 1.77. The van der Waals surface area contributed by atoms with E-state index in [0.29, 0.717) is 13.2 Å². The van der Waals surface area contributed by atoms with Crippen molar-refractivity contribution < 1.29 is 9.53 Å². The van der Waals surface area contributed by atoms with Crippen LogP contribution in [0, 0.1) is 5.41 Å². The number of ether oxygens (including phenoxy) is 1. The van der Waals surface area contributed by atoms with Crippen LogP contribution in [0.1, 0.15) is 33.3 Å². The van der Waals surface area contributed by atoms with Gasteiger partial charge in [-0.25, -0.2) is 0 Å². The highest BCUT2D eigenvalue weighted by Crippen LogP contribution is 2.22. The Morgan fingerprint density at radius 2 is 1.95 bits per heavy atom. The number of amides is 1. The molecule has 0 saturated carbocycles. The Morgan fingerprint density at radius 3 is 2.50 bits per heavy atom. The van der Waals surface area contributed by atoms with Crippen LogP contribution in [0.3, 0.4) is 0 Å². The second kappa shape index (κ2) is 6.75. The molecule has 0 aromatic heterocycles. The van der Waals surface area contributed by atoms with Crippen molar-refractivity contribution in [2.75, 3.05) is 13.7 Å². The third kappa shape index (κ3) is 4.23. The van der Waals surface area contributed by atoms with Crippen molar-refractivity contribution in [1.29, 1.82) is 0 Å². The highest BCUT2D eigenvalue weighted by molar-refractivity contribution is 5.82. The maximum atomic E-state index is 12.3. The van der Waals surface area contributed by atoms with Gasteiger partial charge in [-0.3, -0.25) is 4.79 Å². The Morgan fingerprint density at radius 1 is 1.35 bits per heavy atom. The van der Waals surface area contributed by atoms with Gasteiger partial charge in [0.15, 0.2) is 0 Å². The van der Waals surface area contributed by atoms with Gasteiger partial charge in [0.1, 0.15) is 5.75 Å². The van der Waals surface area contributed by atoms with E-state index in [2.05, 4.69) is 0 Å². The van der Waals surface area contributed by atoms with Crippen LogP contribution in [0.2, 0.25) is 0 Å². The number of hydrogen-bond acceptors (Lipinski definition) is 3. The summed E-state index contributed by atoms with van der Waals surface area (Å²) in [4.78, 5) is 14.0. The monoisotopic (exact) mass is 278 g/mol. The SMILES string of the molecule is CCOc1ccccc1CN(C)C(=O)[C@H](N)C(C)(C)C. The summed E-state index contributed by atoms with van der Waals surface area (Å²) in [6.45, 7) is 8.96. The molecule has 1 rings (SSSR count). The fraction of sp³-hybridized carbons (Fsp3) is 0.562. The van der Waals surface area contributed by atoms with Crippen LogP contribution >= 0.6 is 0 Å². The van der Waals surface area contributed by atoms with Gasteiger partial charge < -0.3 is 15.4 Å². The number of likely N-dealkylation sites (N-methyl/N-ethyl adjacent to an activating group) is 1. The second-order valence-corrected chi connectivity index (χ2v) is 6.08. The fourth-order valence-electron chi connectivity index (χ4n) is 1.87. The molecule has 0 spiro atoms. The number of para-hydroxylation sites is 1. The summed E-state index contributed by atoms with van der Waals surface area (Å²) in [6.07, 6.45) is 0. The number of hydrogen-bond donors (Lipinski definition) is 1. The Hall–Kier alpha value is -1.55. The summed E-state index contributed by atoms with van der Waals surface area (Å²) in [6, 6.07) is 7.25. The molecule has 2 N–H and O–H groups in total.